The van der Waals surface area contributed by atoms with Crippen molar-refractivity contribution in [2.45, 2.75) is 31.7 Å². The lowest BCUT2D eigenvalue weighted by molar-refractivity contribution is 0.296. The number of hydrogen-bond acceptors (Lipinski definition) is 6. The molecule has 0 radical (unpaired) electrons. The Bertz CT molecular complexity index is 900. The predicted molar refractivity (Wildman–Crippen MR) is 107 cm³/mol. The molecule has 1 fully saturated rings. The van der Waals surface area contributed by atoms with Crippen LogP contribution in [0, 0.1) is 5.41 Å². The van der Waals surface area contributed by atoms with Gasteiger partial charge in [0.15, 0.2) is 0 Å². The monoisotopic (exact) mass is 385 g/mol. The van der Waals surface area contributed by atoms with Crippen LogP contribution in [-0.2, 0) is 0 Å². The number of hydrogen-bond donors (Lipinski definition) is 2. The minimum atomic E-state index is 0.241. The molecule has 2 aromatic rings. The average Bonchev–Trinajstić information content (AvgIpc) is 3.42. The van der Waals surface area contributed by atoms with E-state index in [0.29, 0.717) is 34.8 Å². The number of rotatable bonds is 5. The van der Waals surface area contributed by atoms with E-state index in [4.69, 9.17) is 19.9 Å². The van der Waals surface area contributed by atoms with Gasteiger partial charge in [-0.2, -0.15) is 0 Å². The van der Waals surface area contributed by atoms with Crippen LogP contribution in [0.15, 0.2) is 29.3 Å². The van der Waals surface area contributed by atoms with Crippen LogP contribution in [0.4, 0.5) is 0 Å². The molecule has 1 saturated carbocycles. The normalized spacial score (nSPS) is 17.9. The Kier molecular flexibility index (Phi) is 4.78. The molecule has 7 heteroatoms. The number of nitrogens with one attached hydrogen (secondary N) is 1. The van der Waals surface area contributed by atoms with Gasteiger partial charge in [0, 0.05) is 17.0 Å². The van der Waals surface area contributed by atoms with Gasteiger partial charge in [-0.1, -0.05) is 12.8 Å². The van der Waals surface area contributed by atoms with Crippen molar-refractivity contribution in [3.8, 4) is 22.8 Å². The second-order valence-corrected chi connectivity index (χ2v) is 7.70. The second kappa shape index (κ2) is 7.23. The van der Waals surface area contributed by atoms with Crippen molar-refractivity contribution in [2.24, 2.45) is 0 Å². The molecule has 1 aliphatic carbocycles. The summed E-state index contributed by atoms with van der Waals surface area (Å²) in [5.74, 6) is 2.06. The molecular weight excluding hydrogens is 362 g/mol. The fraction of sp³-hybridized carbons (Fsp3) is 0.400. The molecule has 27 heavy (non-hydrogen) atoms. The summed E-state index contributed by atoms with van der Waals surface area (Å²) in [5.41, 5.74) is 2.13. The van der Waals surface area contributed by atoms with Gasteiger partial charge in [-0.05, 0) is 31.0 Å². The van der Waals surface area contributed by atoms with Crippen molar-refractivity contribution in [3.63, 3.8) is 0 Å². The van der Waals surface area contributed by atoms with Crippen LogP contribution in [0.5, 0.6) is 11.5 Å². The van der Waals surface area contributed by atoms with Crippen molar-refractivity contribution in [3.05, 3.63) is 34.3 Å². The molecule has 2 aliphatic rings. The Hall–Kier alpha value is -2.54. The molecule has 2 heterocycles. The van der Waals surface area contributed by atoms with Gasteiger partial charge in [0.1, 0.15) is 28.1 Å². The number of ether oxygens (including phenoxy) is 2. The fourth-order valence-electron chi connectivity index (χ4n) is 3.88. The zero-order chi connectivity index (χ0) is 19.0. The van der Waals surface area contributed by atoms with Crippen LogP contribution < -0.4 is 9.47 Å². The van der Waals surface area contributed by atoms with Gasteiger partial charge in [-0.3, -0.25) is 5.41 Å². The topological polar surface area (TPSA) is 78.7 Å². The predicted octanol–water partition coefficient (Wildman–Crippen LogP) is 4.33. The molecule has 4 rings (SSSR count). The molecule has 0 saturated heterocycles. The van der Waals surface area contributed by atoms with Crippen molar-refractivity contribution in [1.29, 1.82) is 5.41 Å². The lowest BCUT2D eigenvalue weighted by Gasteiger charge is -2.25. The molecule has 0 atom stereocenters. The van der Waals surface area contributed by atoms with E-state index in [2.05, 4.69) is 0 Å². The first-order chi connectivity index (χ1) is 13.1. The molecule has 1 aromatic heterocycles. The van der Waals surface area contributed by atoms with E-state index in [0.717, 1.165) is 29.8 Å². The second-order valence-electron chi connectivity index (χ2n) is 6.84. The van der Waals surface area contributed by atoms with Crippen molar-refractivity contribution < 1.29 is 14.6 Å². The van der Waals surface area contributed by atoms with E-state index < -0.39 is 0 Å². The first-order valence-electron chi connectivity index (χ1n) is 9.08. The highest BCUT2D eigenvalue weighted by Gasteiger charge is 2.35. The number of methoxy groups -OCH3 is 2. The molecule has 142 valence electrons. The van der Waals surface area contributed by atoms with Gasteiger partial charge >= 0.3 is 0 Å². The summed E-state index contributed by atoms with van der Waals surface area (Å²) in [6.07, 6.45) is 4.57. The third-order valence-electron chi connectivity index (χ3n) is 5.30. The fourth-order valence-corrected chi connectivity index (χ4v) is 4.76. The van der Waals surface area contributed by atoms with E-state index in [1.165, 1.54) is 24.2 Å². The molecule has 0 bridgehead atoms. The Morgan fingerprint density at radius 1 is 1.22 bits per heavy atom. The molecule has 0 unspecified atom stereocenters. The smallest absolute Gasteiger partial charge is 0.135 e. The van der Waals surface area contributed by atoms with Crippen molar-refractivity contribution >= 4 is 22.7 Å². The molecule has 2 N–H and O–H groups in total. The first kappa shape index (κ1) is 17.9. The minimum absolute atomic E-state index is 0.241. The number of benzene rings is 1. The first-order valence-corrected chi connectivity index (χ1v) is 9.96. The zero-order valence-corrected chi connectivity index (χ0v) is 16.3. The summed E-state index contributed by atoms with van der Waals surface area (Å²) < 4.78 is 10.8. The largest absolute Gasteiger partial charge is 0.510 e. The molecule has 0 spiro atoms. The van der Waals surface area contributed by atoms with Gasteiger partial charge in [0.05, 0.1) is 32.0 Å². The van der Waals surface area contributed by atoms with Crippen LogP contribution in [0.1, 0.15) is 30.7 Å². The lowest BCUT2D eigenvalue weighted by Crippen LogP contribution is -2.35. The Morgan fingerprint density at radius 2 is 2.00 bits per heavy atom. The van der Waals surface area contributed by atoms with Crippen LogP contribution in [0.2, 0.25) is 0 Å². The van der Waals surface area contributed by atoms with E-state index in [1.807, 2.05) is 28.5 Å². The third-order valence-corrected chi connectivity index (χ3v) is 6.16. The Labute approximate surface area is 162 Å². The maximum atomic E-state index is 10.5. The summed E-state index contributed by atoms with van der Waals surface area (Å²) in [6.45, 7) is 0.413. The summed E-state index contributed by atoms with van der Waals surface area (Å²) in [6, 6.07) is 5.94. The molecule has 0 amide bonds. The molecule has 1 aliphatic heterocycles. The molecule has 6 nitrogen and oxygen atoms in total. The van der Waals surface area contributed by atoms with Gasteiger partial charge in [-0.15, -0.1) is 11.3 Å². The summed E-state index contributed by atoms with van der Waals surface area (Å²) in [7, 11) is 3.25. The van der Waals surface area contributed by atoms with Gasteiger partial charge in [0.2, 0.25) is 0 Å². The molecule has 1 aromatic carbocycles. The quantitative estimate of drug-likeness (QED) is 0.801. The Balaban J connectivity index is 1.65. The molecular formula is C20H23N3O3S. The van der Waals surface area contributed by atoms with E-state index >= 15 is 0 Å². The summed E-state index contributed by atoms with van der Waals surface area (Å²) in [4.78, 5) is 6.72. The lowest BCUT2D eigenvalue weighted by atomic mass is 10.1. The van der Waals surface area contributed by atoms with Gasteiger partial charge in [-0.25, -0.2) is 4.98 Å². The Morgan fingerprint density at radius 3 is 2.70 bits per heavy atom. The van der Waals surface area contributed by atoms with Crippen molar-refractivity contribution in [1.82, 2.24) is 9.88 Å². The SMILES string of the molecule is COc1ccc(OC)c(-c2csc(C3=C(O)CN(C4CCCC4)C3=N)n2)c1. The number of nitrogens with zero attached hydrogens (tertiary/aromatic N) is 2. The summed E-state index contributed by atoms with van der Waals surface area (Å²) in [5, 5.41) is 21.7. The number of aliphatic hydroxyl groups is 1. The maximum absolute atomic E-state index is 10.5. The maximum Gasteiger partial charge on any atom is 0.135 e. The van der Waals surface area contributed by atoms with E-state index in [-0.39, 0.29) is 5.76 Å². The number of aromatic nitrogens is 1. The number of thiazole rings is 1. The number of aliphatic hydroxyl groups excluding tert-OH is 1. The van der Waals surface area contributed by atoms with Crippen LogP contribution in [0.25, 0.3) is 16.8 Å². The van der Waals surface area contributed by atoms with Gasteiger partial charge in [0.25, 0.3) is 0 Å². The average molecular weight is 385 g/mol. The van der Waals surface area contributed by atoms with E-state index in [1.54, 1.807) is 14.2 Å². The third kappa shape index (κ3) is 3.16. The highest BCUT2D eigenvalue weighted by atomic mass is 32.1. The highest BCUT2D eigenvalue weighted by molar-refractivity contribution is 7.11. The standard InChI is InChI=1S/C20H23N3O3S/c1-25-13-7-8-17(26-2)14(9-13)15-11-27-20(22-15)18-16(24)10-23(19(18)21)12-5-3-4-6-12/h7-9,11-12,21,24H,3-6,10H2,1-2H3. The summed E-state index contributed by atoms with van der Waals surface area (Å²) >= 11 is 1.43. The van der Waals surface area contributed by atoms with Crippen LogP contribution >= 0.6 is 11.3 Å². The van der Waals surface area contributed by atoms with Gasteiger partial charge < -0.3 is 19.5 Å². The highest BCUT2D eigenvalue weighted by Crippen LogP contribution is 2.38. The number of amidine groups is 1. The minimum Gasteiger partial charge on any atom is -0.510 e. The van der Waals surface area contributed by atoms with Crippen molar-refractivity contribution in [2.75, 3.05) is 20.8 Å². The zero-order valence-electron chi connectivity index (χ0n) is 15.5. The van der Waals surface area contributed by atoms with Crippen LogP contribution in [0.3, 0.4) is 0 Å². The van der Waals surface area contributed by atoms with Crippen LogP contribution in [-0.4, -0.2) is 47.6 Å². The van der Waals surface area contributed by atoms with E-state index in [9.17, 15) is 5.11 Å².